The molecule has 0 spiro atoms. The van der Waals surface area contributed by atoms with Crippen molar-refractivity contribution in [1.82, 2.24) is 14.8 Å². The second-order valence-electron chi connectivity index (χ2n) is 6.10. The Morgan fingerprint density at radius 2 is 1.96 bits per heavy atom. The van der Waals surface area contributed by atoms with E-state index in [9.17, 15) is 14.4 Å². The van der Waals surface area contributed by atoms with Gasteiger partial charge in [-0.15, -0.1) is 0 Å². The van der Waals surface area contributed by atoms with Gasteiger partial charge in [-0.2, -0.15) is 0 Å². The molecule has 25 heavy (non-hydrogen) atoms. The molecule has 6 heteroatoms. The number of pyridine rings is 1. The fraction of sp³-hybridized carbons (Fsp3) is 0.421. The molecule has 1 aromatic heterocycles. The summed E-state index contributed by atoms with van der Waals surface area (Å²) in [4.78, 5) is 38.0. The van der Waals surface area contributed by atoms with Gasteiger partial charge < -0.3 is 14.8 Å². The molecule has 134 valence electrons. The minimum Gasteiger partial charge on any atom is -0.354 e. The third-order valence-corrected chi connectivity index (χ3v) is 4.13. The summed E-state index contributed by atoms with van der Waals surface area (Å²) in [6.07, 6.45) is 3.89. The van der Waals surface area contributed by atoms with Gasteiger partial charge in [0.15, 0.2) is 0 Å². The van der Waals surface area contributed by atoms with Crippen LogP contribution in [0, 0.1) is 0 Å². The molecule has 0 aliphatic heterocycles. The van der Waals surface area contributed by atoms with E-state index in [0.717, 1.165) is 24.8 Å². The Kier molecular flexibility index (Phi) is 6.74. The van der Waals surface area contributed by atoms with Crippen molar-refractivity contribution in [2.75, 3.05) is 20.1 Å². The molecular formula is C19H25N3O3. The van der Waals surface area contributed by atoms with Crippen molar-refractivity contribution in [3.05, 3.63) is 46.9 Å². The van der Waals surface area contributed by atoms with E-state index in [1.54, 1.807) is 30.3 Å². The van der Waals surface area contributed by atoms with Crippen molar-refractivity contribution in [3.8, 4) is 0 Å². The number of carbonyl (C=O) groups is 2. The first-order valence-corrected chi connectivity index (χ1v) is 8.61. The molecule has 2 aromatic rings. The Labute approximate surface area is 147 Å². The summed E-state index contributed by atoms with van der Waals surface area (Å²) in [5, 5.41) is 4.14. The number of unbranched alkanes of at least 4 members (excludes halogenated alkanes) is 1. The van der Waals surface area contributed by atoms with E-state index in [0.29, 0.717) is 5.39 Å². The topological polar surface area (TPSA) is 71.4 Å². The maximum atomic E-state index is 12.4. The summed E-state index contributed by atoms with van der Waals surface area (Å²) in [7, 11) is 1.77. The molecule has 6 nitrogen and oxygen atoms in total. The van der Waals surface area contributed by atoms with Crippen LogP contribution in [0.25, 0.3) is 10.8 Å². The van der Waals surface area contributed by atoms with Crippen molar-refractivity contribution in [1.29, 1.82) is 0 Å². The number of carbonyl (C=O) groups excluding carboxylic acids is 2. The van der Waals surface area contributed by atoms with Gasteiger partial charge in [0, 0.05) is 38.1 Å². The minimum atomic E-state index is -0.276. The van der Waals surface area contributed by atoms with Crippen molar-refractivity contribution in [3.63, 3.8) is 0 Å². The van der Waals surface area contributed by atoms with Crippen LogP contribution in [0.3, 0.4) is 0 Å². The van der Waals surface area contributed by atoms with Crippen molar-refractivity contribution in [2.45, 2.75) is 32.7 Å². The molecule has 2 amide bonds. The average molecular weight is 343 g/mol. The molecule has 0 fully saturated rings. The second kappa shape index (κ2) is 9.01. The molecule has 0 aliphatic carbocycles. The molecule has 0 radical (unpaired) electrons. The standard InChI is InChI=1S/C19H25N3O3/c1-3-4-12-21(2)18(24)9-11-20-17(23)14-22-13-10-15-7-5-6-8-16(15)19(22)25/h5-8,10,13H,3-4,9,11-12,14H2,1-2H3,(H,20,23). The summed E-state index contributed by atoms with van der Waals surface area (Å²) in [5.74, 6) is -0.266. The first-order valence-electron chi connectivity index (χ1n) is 8.61. The fourth-order valence-electron chi connectivity index (χ4n) is 2.58. The van der Waals surface area contributed by atoms with Crippen LogP contribution in [0.5, 0.6) is 0 Å². The number of fused-ring (bicyclic) bond motifs is 1. The van der Waals surface area contributed by atoms with E-state index in [-0.39, 0.29) is 36.9 Å². The Balaban J connectivity index is 1.86. The lowest BCUT2D eigenvalue weighted by Crippen LogP contribution is -2.35. The highest BCUT2D eigenvalue weighted by atomic mass is 16.2. The lowest BCUT2D eigenvalue weighted by Gasteiger charge is -2.16. The lowest BCUT2D eigenvalue weighted by molar-refractivity contribution is -0.130. The van der Waals surface area contributed by atoms with E-state index in [2.05, 4.69) is 12.2 Å². The maximum Gasteiger partial charge on any atom is 0.258 e. The minimum absolute atomic E-state index is 0.0108. The summed E-state index contributed by atoms with van der Waals surface area (Å²) in [6, 6.07) is 9.09. The third-order valence-electron chi connectivity index (χ3n) is 4.13. The van der Waals surface area contributed by atoms with Crippen LogP contribution in [0.2, 0.25) is 0 Å². The number of nitrogens with zero attached hydrogens (tertiary/aromatic N) is 2. The molecule has 0 aliphatic rings. The molecular weight excluding hydrogens is 318 g/mol. The Morgan fingerprint density at radius 1 is 1.20 bits per heavy atom. The molecule has 0 saturated heterocycles. The number of amides is 2. The number of hydrogen-bond donors (Lipinski definition) is 1. The summed E-state index contributed by atoms with van der Waals surface area (Å²) in [6.45, 7) is 3.03. The number of hydrogen-bond acceptors (Lipinski definition) is 3. The van der Waals surface area contributed by atoms with E-state index in [4.69, 9.17) is 0 Å². The summed E-state index contributed by atoms with van der Waals surface area (Å²) >= 11 is 0. The molecule has 1 N–H and O–H groups in total. The SMILES string of the molecule is CCCCN(C)C(=O)CCNC(=O)Cn1ccc2ccccc2c1=O. The zero-order valence-electron chi connectivity index (χ0n) is 14.8. The van der Waals surface area contributed by atoms with Gasteiger partial charge in [0.1, 0.15) is 6.54 Å². The highest BCUT2D eigenvalue weighted by Gasteiger charge is 2.10. The first-order chi connectivity index (χ1) is 12.0. The Bertz CT molecular complexity index is 798. The summed E-state index contributed by atoms with van der Waals surface area (Å²) < 4.78 is 1.38. The predicted molar refractivity (Wildman–Crippen MR) is 98.4 cm³/mol. The van der Waals surface area contributed by atoms with Gasteiger partial charge in [-0.25, -0.2) is 0 Å². The monoisotopic (exact) mass is 343 g/mol. The van der Waals surface area contributed by atoms with Crippen LogP contribution in [0.4, 0.5) is 0 Å². The van der Waals surface area contributed by atoms with Crippen LogP contribution in [-0.4, -0.2) is 41.4 Å². The Morgan fingerprint density at radius 3 is 2.72 bits per heavy atom. The van der Waals surface area contributed by atoms with E-state index in [1.807, 2.05) is 18.2 Å². The van der Waals surface area contributed by atoms with Crippen LogP contribution in [0.15, 0.2) is 41.3 Å². The van der Waals surface area contributed by atoms with Crippen LogP contribution in [-0.2, 0) is 16.1 Å². The number of benzene rings is 1. The van der Waals surface area contributed by atoms with Crippen molar-refractivity contribution >= 4 is 22.6 Å². The van der Waals surface area contributed by atoms with Crippen molar-refractivity contribution < 1.29 is 9.59 Å². The van der Waals surface area contributed by atoms with Gasteiger partial charge in [0.25, 0.3) is 5.56 Å². The normalized spacial score (nSPS) is 10.6. The smallest absolute Gasteiger partial charge is 0.258 e. The summed E-state index contributed by atoms with van der Waals surface area (Å²) in [5.41, 5.74) is -0.191. The second-order valence-corrected chi connectivity index (χ2v) is 6.10. The zero-order valence-corrected chi connectivity index (χ0v) is 14.8. The molecule has 0 unspecified atom stereocenters. The van der Waals surface area contributed by atoms with Gasteiger partial charge in [0.2, 0.25) is 11.8 Å². The maximum absolute atomic E-state index is 12.4. The van der Waals surface area contributed by atoms with Crippen LogP contribution < -0.4 is 10.9 Å². The van der Waals surface area contributed by atoms with Gasteiger partial charge in [-0.05, 0) is 23.9 Å². The zero-order chi connectivity index (χ0) is 18.2. The number of aromatic nitrogens is 1. The fourth-order valence-corrected chi connectivity index (χ4v) is 2.58. The molecule has 2 rings (SSSR count). The largest absolute Gasteiger partial charge is 0.354 e. The number of rotatable bonds is 8. The van der Waals surface area contributed by atoms with E-state index >= 15 is 0 Å². The quantitative estimate of drug-likeness (QED) is 0.794. The molecule has 0 bridgehead atoms. The van der Waals surface area contributed by atoms with Gasteiger partial charge in [-0.3, -0.25) is 14.4 Å². The first kappa shape index (κ1) is 18.7. The van der Waals surface area contributed by atoms with Crippen LogP contribution >= 0.6 is 0 Å². The predicted octanol–water partition coefficient (Wildman–Crippen LogP) is 1.77. The van der Waals surface area contributed by atoms with Gasteiger partial charge in [0.05, 0.1) is 0 Å². The highest BCUT2D eigenvalue weighted by molar-refractivity contribution is 5.82. The molecule has 0 atom stereocenters. The van der Waals surface area contributed by atoms with Gasteiger partial charge >= 0.3 is 0 Å². The highest BCUT2D eigenvalue weighted by Crippen LogP contribution is 2.07. The average Bonchev–Trinajstić information content (AvgIpc) is 2.62. The van der Waals surface area contributed by atoms with E-state index < -0.39 is 0 Å². The van der Waals surface area contributed by atoms with E-state index in [1.165, 1.54) is 4.57 Å². The molecule has 0 saturated carbocycles. The lowest BCUT2D eigenvalue weighted by atomic mass is 10.2. The molecule has 1 heterocycles. The number of nitrogens with one attached hydrogen (secondary N) is 1. The van der Waals surface area contributed by atoms with Crippen LogP contribution in [0.1, 0.15) is 26.2 Å². The van der Waals surface area contributed by atoms with Gasteiger partial charge in [-0.1, -0.05) is 31.5 Å². The molecule has 1 aromatic carbocycles. The Hall–Kier alpha value is -2.63. The third kappa shape index (κ3) is 5.17. The van der Waals surface area contributed by atoms with Crippen molar-refractivity contribution in [2.24, 2.45) is 0 Å².